The third-order valence-corrected chi connectivity index (χ3v) is 3.12. The molecule has 1 aliphatic carbocycles. The van der Waals surface area contributed by atoms with E-state index in [2.05, 4.69) is 36.9 Å². The molecule has 12 heavy (non-hydrogen) atoms. The Hall–Kier alpha value is -0.430. The predicted octanol–water partition coefficient (Wildman–Crippen LogP) is 3.38. The van der Waals surface area contributed by atoms with Crippen molar-refractivity contribution < 1.29 is 0 Å². The van der Waals surface area contributed by atoms with Crippen LogP contribution in [0.3, 0.4) is 0 Å². The Kier molecular flexibility index (Phi) is 2.40. The van der Waals surface area contributed by atoms with Crippen molar-refractivity contribution in [2.45, 2.75) is 30.9 Å². The molecular formula is C11H14S. The molecule has 64 valence electrons. The maximum absolute atomic E-state index is 4.61. The second-order valence-electron chi connectivity index (χ2n) is 3.46. The van der Waals surface area contributed by atoms with E-state index in [1.54, 1.807) is 0 Å². The number of fused-ring (bicyclic) bond motifs is 1. The molecule has 2 rings (SSSR count). The summed E-state index contributed by atoms with van der Waals surface area (Å²) in [7, 11) is 0. The minimum atomic E-state index is 0.476. The van der Waals surface area contributed by atoms with Crippen LogP contribution in [0.1, 0.15) is 35.6 Å². The van der Waals surface area contributed by atoms with Crippen LogP contribution in [0, 0.1) is 0 Å². The minimum absolute atomic E-state index is 0.476. The van der Waals surface area contributed by atoms with E-state index in [9.17, 15) is 0 Å². The lowest BCUT2D eigenvalue weighted by Gasteiger charge is -2.10. The summed E-state index contributed by atoms with van der Waals surface area (Å²) in [5, 5.41) is 0.476. The van der Waals surface area contributed by atoms with Crippen LogP contribution in [-0.4, -0.2) is 0 Å². The molecule has 0 saturated carbocycles. The van der Waals surface area contributed by atoms with Crippen LogP contribution in [-0.2, 0) is 6.42 Å². The van der Waals surface area contributed by atoms with E-state index < -0.39 is 0 Å². The number of benzene rings is 1. The number of hydrogen-bond donors (Lipinski definition) is 1. The Balaban J connectivity index is 2.39. The average molecular weight is 178 g/mol. The molecule has 0 heterocycles. The molecule has 0 saturated heterocycles. The highest BCUT2D eigenvalue weighted by Crippen LogP contribution is 2.32. The zero-order chi connectivity index (χ0) is 8.39. The van der Waals surface area contributed by atoms with Gasteiger partial charge in [-0.15, -0.1) is 0 Å². The Labute approximate surface area is 79.4 Å². The van der Waals surface area contributed by atoms with E-state index in [0.717, 1.165) is 0 Å². The van der Waals surface area contributed by atoms with Gasteiger partial charge < -0.3 is 0 Å². The van der Waals surface area contributed by atoms with E-state index in [4.69, 9.17) is 0 Å². The van der Waals surface area contributed by atoms with Gasteiger partial charge in [-0.1, -0.05) is 30.7 Å². The standard InChI is InChI=1S/C11H14S/c12-11-8-4-2-6-9-5-1-3-7-10(9)11/h1,3,5,7,11-12H,2,4,6,8H2/t11-/m0/s1. The van der Waals surface area contributed by atoms with Gasteiger partial charge in [-0.2, -0.15) is 12.6 Å². The molecular weight excluding hydrogens is 164 g/mol. The summed E-state index contributed by atoms with van der Waals surface area (Å²) in [5.74, 6) is 0. The smallest absolute Gasteiger partial charge is 0.0269 e. The summed E-state index contributed by atoms with van der Waals surface area (Å²) in [5.41, 5.74) is 2.97. The Morgan fingerprint density at radius 2 is 2.00 bits per heavy atom. The first-order valence-corrected chi connectivity index (χ1v) is 5.15. The molecule has 0 nitrogen and oxygen atoms in total. The van der Waals surface area contributed by atoms with Gasteiger partial charge in [0.1, 0.15) is 0 Å². The molecule has 0 radical (unpaired) electrons. The van der Waals surface area contributed by atoms with Crippen molar-refractivity contribution in [1.82, 2.24) is 0 Å². The quantitative estimate of drug-likeness (QED) is 0.457. The van der Waals surface area contributed by atoms with Crippen LogP contribution in [0.15, 0.2) is 24.3 Å². The van der Waals surface area contributed by atoms with Crippen molar-refractivity contribution in [3.8, 4) is 0 Å². The van der Waals surface area contributed by atoms with Crippen molar-refractivity contribution in [3.63, 3.8) is 0 Å². The zero-order valence-electron chi connectivity index (χ0n) is 7.16. The first-order valence-electron chi connectivity index (χ1n) is 4.64. The van der Waals surface area contributed by atoms with Gasteiger partial charge in [0.2, 0.25) is 0 Å². The first-order chi connectivity index (χ1) is 5.88. The van der Waals surface area contributed by atoms with Crippen molar-refractivity contribution in [2.75, 3.05) is 0 Å². The summed E-state index contributed by atoms with van der Waals surface area (Å²) in [6, 6.07) is 8.71. The molecule has 1 atom stereocenters. The number of thiol groups is 1. The lowest BCUT2D eigenvalue weighted by atomic mass is 10.0. The second kappa shape index (κ2) is 3.53. The van der Waals surface area contributed by atoms with E-state index in [1.807, 2.05) is 0 Å². The van der Waals surface area contributed by atoms with Gasteiger partial charge in [-0.05, 0) is 30.4 Å². The van der Waals surface area contributed by atoms with Gasteiger partial charge in [-0.25, -0.2) is 0 Å². The van der Waals surface area contributed by atoms with Crippen molar-refractivity contribution in [2.24, 2.45) is 0 Å². The average Bonchev–Trinajstić information content (AvgIpc) is 2.29. The fourth-order valence-corrected chi connectivity index (χ4v) is 2.33. The number of aryl methyl sites for hydroxylation is 1. The Morgan fingerprint density at radius 1 is 1.17 bits per heavy atom. The summed E-state index contributed by atoms with van der Waals surface area (Å²) < 4.78 is 0. The summed E-state index contributed by atoms with van der Waals surface area (Å²) >= 11 is 4.61. The third-order valence-electron chi connectivity index (χ3n) is 2.59. The monoisotopic (exact) mass is 178 g/mol. The number of hydrogen-bond acceptors (Lipinski definition) is 1. The van der Waals surface area contributed by atoms with Gasteiger partial charge in [0.05, 0.1) is 0 Å². The highest BCUT2D eigenvalue weighted by Gasteiger charge is 2.13. The van der Waals surface area contributed by atoms with Crippen LogP contribution in [0.25, 0.3) is 0 Å². The van der Waals surface area contributed by atoms with Crippen LogP contribution in [0.4, 0.5) is 0 Å². The van der Waals surface area contributed by atoms with Gasteiger partial charge in [0.15, 0.2) is 0 Å². The van der Waals surface area contributed by atoms with Gasteiger partial charge in [-0.3, -0.25) is 0 Å². The van der Waals surface area contributed by atoms with E-state index in [1.165, 1.54) is 36.8 Å². The molecule has 1 aliphatic rings. The molecule has 0 aromatic heterocycles. The maximum atomic E-state index is 4.61. The summed E-state index contributed by atoms with van der Waals surface area (Å²) in [4.78, 5) is 0. The lowest BCUT2D eigenvalue weighted by Crippen LogP contribution is -1.92. The highest BCUT2D eigenvalue weighted by atomic mass is 32.1. The maximum Gasteiger partial charge on any atom is 0.0269 e. The van der Waals surface area contributed by atoms with Crippen molar-refractivity contribution in [1.29, 1.82) is 0 Å². The first kappa shape index (κ1) is 8.18. The van der Waals surface area contributed by atoms with E-state index in [0.29, 0.717) is 5.25 Å². The van der Waals surface area contributed by atoms with Gasteiger partial charge in [0, 0.05) is 5.25 Å². The highest BCUT2D eigenvalue weighted by molar-refractivity contribution is 7.80. The molecule has 0 amide bonds. The molecule has 0 spiro atoms. The molecule has 0 unspecified atom stereocenters. The SMILES string of the molecule is S[C@H]1CCCCc2ccccc21. The molecule has 1 heteroatoms. The fourth-order valence-electron chi connectivity index (χ4n) is 1.90. The molecule has 0 aliphatic heterocycles. The minimum Gasteiger partial charge on any atom is -0.171 e. The molecule has 0 N–H and O–H groups in total. The predicted molar refractivity (Wildman–Crippen MR) is 55.7 cm³/mol. The summed E-state index contributed by atoms with van der Waals surface area (Å²) in [6.45, 7) is 0. The van der Waals surface area contributed by atoms with E-state index in [-0.39, 0.29) is 0 Å². The van der Waals surface area contributed by atoms with Crippen LogP contribution in [0.5, 0.6) is 0 Å². The lowest BCUT2D eigenvalue weighted by molar-refractivity contribution is 0.706. The van der Waals surface area contributed by atoms with Crippen molar-refractivity contribution in [3.05, 3.63) is 35.4 Å². The topological polar surface area (TPSA) is 0 Å². The van der Waals surface area contributed by atoms with Gasteiger partial charge in [0.25, 0.3) is 0 Å². The zero-order valence-corrected chi connectivity index (χ0v) is 8.06. The van der Waals surface area contributed by atoms with Crippen LogP contribution < -0.4 is 0 Å². The third kappa shape index (κ3) is 1.51. The largest absolute Gasteiger partial charge is 0.171 e. The Morgan fingerprint density at radius 3 is 2.92 bits per heavy atom. The van der Waals surface area contributed by atoms with Gasteiger partial charge >= 0.3 is 0 Å². The van der Waals surface area contributed by atoms with E-state index >= 15 is 0 Å². The molecule has 1 aromatic rings. The molecule has 0 bridgehead atoms. The number of rotatable bonds is 0. The fraction of sp³-hybridized carbons (Fsp3) is 0.455. The molecule has 0 fully saturated rings. The Bertz CT molecular complexity index is 267. The summed E-state index contributed by atoms with van der Waals surface area (Å²) in [6.07, 6.45) is 5.13. The van der Waals surface area contributed by atoms with Crippen LogP contribution >= 0.6 is 12.6 Å². The van der Waals surface area contributed by atoms with Crippen molar-refractivity contribution >= 4 is 12.6 Å². The van der Waals surface area contributed by atoms with Crippen LogP contribution in [0.2, 0.25) is 0 Å². The second-order valence-corrected chi connectivity index (χ2v) is 4.08. The molecule has 1 aromatic carbocycles. The normalized spacial score (nSPS) is 22.9.